The minimum absolute atomic E-state index is 0.117. The van der Waals surface area contributed by atoms with Gasteiger partial charge >= 0.3 is 0 Å². The number of nitrogens with one attached hydrogen (secondary N) is 2. The van der Waals surface area contributed by atoms with Gasteiger partial charge in [-0.15, -0.1) is 0 Å². The molecule has 5 nitrogen and oxygen atoms in total. The summed E-state index contributed by atoms with van der Waals surface area (Å²) < 4.78 is 11.5. The maximum absolute atomic E-state index is 12.2. The molecule has 2 aromatic rings. The Balaban J connectivity index is 1.84. The maximum atomic E-state index is 12.2. The number of para-hydroxylation sites is 2. The van der Waals surface area contributed by atoms with Crippen molar-refractivity contribution < 1.29 is 14.3 Å². The third-order valence-electron chi connectivity index (χ3n) is 4.13. The van der Waals surface area contributed by atoms with E-state index in [1.54, 1.807) is 0 Å². The van der Waals surface area contributed by atoms with Gasteiger partial charge in [-0.1, -0.05) is 32.4 Å². The molecule has 146 valence electrons. The van der Waals surface area contributed by atoms with Crippen LogP contribution >= 0.6 is 0 Å². The van der Waals surface area contributed by atoms with Crippen molar-refractivity contribution in [3.05, 3.63) is 48.5 Å². The van der Waals surface area contributed by atoms with Crippen LogP contribution in [0.1, 0.15) is 40.0 Å². The molecule has 0 spiro atoms. The quantitative estimate of drug-likeness (QED) is 0.541. The van der Waals surface area contributed by atoms with Crippen LogP contribution in [0.5, 0.6) is 11.5 Å². The highest BCUT2D eigenvalue weighted by molar-refractivity contribution is 5.94. The number of anilines is 2. The van der Waals surface area contributed by atoms with Crippen molar-refractivity contribution in [3.8, 4) is 11.5 Å². The summed E-state index contributed by atoms with van der Waals surface area (Å²) in [7, 11) is 0. The molecule has 0 aliphatic rings. The van der Waals surface area contributed by atoms with Crippen LogP contribution in [-0.4, -0.2) is 25.2 Å². The summed E-state index contributed by atoms with van der Waals surface area (Å²) in [6.07, 6.45) is 3.22. The van der Waals surface area contributed by atoms with Gasteiger partial charge < -0.3 is 20.1 Å². The molecular weight excluding hydrogens is 340 g/mol. The monoisotopic (exact) mass is 370 g/mol. The van der Waals surface area contributed by atoms with E-state index in [2.05, 4.69) is 24.5 Å². The second kappa shape index (κ2) is 11.1. The zero-order valence-corrected chi connectivity index (χ0v) is 16.5. The van der Waals surface area contributed by atoms with Gasteiger partial charge in [0.1, 0.15) is 11.5 Å². The van der Waals surface area contributed by atoms with E-state index in [9.17, 15) is 4.79 Å². The molecular formula is C22H30N2O3. The standard InChI is InChI=1S/C22H30N2O3/c1-4-6-15-26-21-10-8-7-9-20(21)23-16-22(25)24-18-11-13-19(14-12-18)27-17(3)5-2/h7-14,17,23H,4-6,15-16H2,1-3H3,(H,24,25). The number of benzene rings is 2. The molecule has 2 aromatic carbocycles. The Labute approximate surface area is 162 Å². The first-order valence-corrected chi connectivity index (χ1v) is 9.64. The third-order valence-corrected chi connectivity index (χ3v) is 4.13. The number of hydrogen-bond donors (Lipinski definition) is 2. The number of carbonyl (C=O) groups is 1. The molecule has 0 aromatic heterocycles. The Morgan fingerprint density at radius 3 is 2.52 bits per heavy atom. The van der Waals surface area contributed by atoms with Gasteiger partial charge in [-0.2, -0.15) is 0 Å². The van der Waals surface area contributed by atoms with Crippen molar-refractivity contribution in [1.82, 2.24) is 0 Å². The van der Waals surface area contributed by atoms with Crippen LogP contribution in [0.25, 0.3) is 0 Å². The summed E-state index contributed by atoms with van der Waals surface area (Å²) in [4.78, 5) is 12.2. The van der Waals surface area contributed by atoms with Crippen molar-refractivity contribution in [1.29, 1.82) is 0 Å². The number of hydrogen-bond acceptors (Lipinski definition) is 4. The van der Waals surface area contributed by atoms with Crippen LogP contribution in [0, 0.1) is 0 Å². The van der Waals surface area contributed by atoms with Gasteiger partial charge in [0, 0.05) is 5.69 Å². The molecule has 0 aliphatic carbocycles. The molecule has 0 bridgehead atoms. The first-order valence-electron chi connectivity index (χ1n) is 9.64. The van der Waals surface area contributed by atoms with E-state index in [1.165, 1.54) is 0 Å². The van der Waals surface area contributed by atoms with E-state index in [0.717, 1.165) is 42.1 Å². The molecule has 0 heterocycles. The Bertz CT molecular complexity index is 701. The summed E-state index contributed by atoms with van der Waals surface area (Å²) in [5.41, 5.74) is 1.56. The van der Waals surface area contributed by atoms with Crippen LogP contribution in [-0.2, 0) is 4.79 Å². The molecule has 0 aliphatic heterocycles. The second-order valence-electron chi connectivity index (χ2n) is 6.46. The van der Waals surface area contributed by atoms with Gasteiger partial charge in [-0.05, 0) is 56.2 Å². The van der Waals surface area contributed by atoms with Gasteiger partial charge in [-0.25, -0.2) is 0 Å². The lowest BCUT2D eigenvalue weighted by atomic mass is 10.2. The lowest BCUT2D eigenvalue weighted by Crippen LogP contribution is -2.22. The zero-order valence-electron chi connectivity index (χ0n) is 16.5. The van der Waals surface area contributed by atoms with E-state index >= 15 is 0 Å². The largest absolute Gasteiger partial charge is 0.491 e. The van der Waals surface area contributed by atoms with Crippen LogP contribution in [0.3, 0.4) is 0 Å². The lowest BCUT2D eigenvalue weighted by Gasteiger charge is -2.14. The average Bonchev–Trinajstić information content (AvgIpc) is 2.69. The van der Waals surface area contributed by atoms with Crippen LogP contribution in [0.15, 0.2) is 48.5 Å². The Hall–Kier alpha value is -2.69. The molecule has 2 rings (SSSR count). The predicted octanol–water partition coefficient (Wildman–Crippen LogP) is 5.09. The SMILES string of the molecule is CCCCOc1ccccc1NCC(=O)Nc1ccc(OC(C)CC)cc1. The molecule has 5 heteroatoms. The maximum Gasteiger partial charge on any atom is 0.243 e. The summed E-state index contributed by atoms with van der Waals surface area (Å²) in [6.45, 7) is 7.08. The fourth-order valence-electron chi connectivity index (χ4n) is 2.38. The minimum Gasteiger partial charge on any atom is -0.491 e. The molecule has 0 saturated carbocycles. The van der Waals surface area contributed by atoms with E-state index in [1.807, 2.05) is 55.5 Å². The molecule has 27 heavy (non-hydrogen) atoms. The number of carbonyl (C=O) groups excluding carboxylic acids is 1. The molecule has 0 radical (unpaired) electrons. The third kappa shape index (κ3) is 7.21. The van der Waals surface area contributed by atoms with Crippen LogP contribution in [0.4, 0.5) is 11.4 Å². The number of rotatable bonds is 11. The number of amides is 1. The predicted molar refractivity (Wildman–Crippen MR) is 111 cm³/mol. The fraction of sp³-hybridized carbons (Fsp3) is 0.409. The highest BCUT2D eigenvalue weighted by atomic mass is 16.5. The average molecular weight is 370 g/mol. The van der Waals surface area contributed by atoms with Gasteiger partial charge in [0.25, 0.3) is 0 Å². The highest BCUT2D eigenvalue weighted by Crippen LogP contribution is 2.24. The smallest absolute Gasteiger partial charge is 0.243 e. The van der Waals surface area contributed by atoms with Crippen molar-refractivity contribution >= 4 is 17.3 Å². The Kier molecular flexibility index (Phi) is 8.49. The molecule has 1 atom stereocenters. The van der Waals surface area contributed by atoms with E-state index in [-0.39, 0.29) is 18.6 Å². The summed E-state index contributed by atoms with van der Waals surface area (Å²) >= 11 is 0. The van der Waals surface area contributed by atoms with E-state index in [4.69, 9.17) is 9.47 Å². The normalized spacial score (nSPS) is 11.5. The van der Waals surface area contributed by atoms with Crippen LogP contribution < -0.4 is 20.1 Å². The molecule has 1 amide bonds. The number of ether oxygens (including phenoxy) is 2. The zero-order chi connectivity index (χ0) is 19.5. The van der Waals surface area contributed by atoms with Crippen molar-refractivity contribution in [2.45, 2.75) is 46.1 Å². The summed E-state index contributed by atoms with van der Waals surface area (Å²) in [5.74, 6) is 1.46. The van der Waals surface area contributed by atoms with Gasteiger partial charge in [-0.3, -0.25) is 4.79 Å². The topological polar surface area (TPSA) is 59.6 Å². The minimum atomic E-state index is -0.117. The van der Waals surface area contributed by atoms with E-state index < -0.39 is 0 Å². The van der Waals surface area contributed by atoms with E-state index in [0.29, 0.717) is 6.61 Å². The first-order chi connectivity index (χ1) is 13.1. The fourth-order valence-corrected chi connectivity index (χ4v) is 2.38. The van der Waals surface area contributed by atoms with Crippen molar-refractivity contribution in [2.75, 3.05) is 23.8 Å². The van der Waals surface area contributed by atoms with Gasteiger partial charge in [0.2, 0.25) is 5.91 Å². The summed E-state index contributed by atoms with van der Waals surface area (Å²) in [6, 6.07) is 15.1. The number of unbranched alkanes of at least 4 members (excludes halogenated alkanes) is 1. The molecule has 0 fully saturated rings. The van der Waals surface area contributed by atoms with Crippen molar-refractivity contribution in [3.63, 3.8) is 0 Å². The first kappa shape index (κ1) is 20.6. The molecule has 0 saturated heterocycles. The molecule has 1 unspecified atom stereocenters. The highest BCUT2D eigenvalue weighted by Gasteiger charge is 2.07. The second-order valence-corrected chi connectivity index (χ2v) is 6.46. The van der Waals surface area contributed by atoms with Gasteiger partial charge in [0.05, 0.1) is 24.9 Å². The van der Waals surface area contributed by atoms with Gasteiger partial charge in [0.15, 0.2) is 0 Å². The van der Waals surface area contributed by atoms with Crippen molar-refractivity contribution in [2.24, 2.45) is 0 Å². The molecule has 2 N–H and O–H groups in total. The van der Waals surface area contributed by atoms with Crippen LogP contribution in [0.2, 0.25) is 0 Å². The Morgan fingerprint density at radius 2 is 1.81 bits per heavy atom. The Morgan fingerprint density at radius 1 is 1.07 bits per heavy atom. The summed E-state index contributed by atoms with van der Waals surface area (Å²) in [5, 5.41) is 6.02. The lowest BCUT2D eigenvalue weighted by molar-refractivity contribution is -0.114.